The maximum Gasteiger partial charge on any atom is 0.341 e. The van der Waals surface area contributed by atoms with Crippen molar-refractivity contribution in [3.63, 3.8) is 0 Å². The molecule has 1 amide bonds. The number of ether oxygens (including phenoxy) is 2. The first-order valence-corrected chi connectivity index (χ1v) is 13.6. The summed E-state index contributed by atoms with van der Waals surface area (Å²) in [5, 5.41) is 3.05. The van der Waals surface area contributed by atoms with Crippen LogP contribution in [0.15, 0.2) is 29.2 Å². The molecule has 0 saturated heterocycles. The van der Waals surface area contributed by atoms with Gasteiger partial charge in [-0.15, -0.1) is 11.3 Å². The summed E-state index contributed by atoms with van der Waals surface area (Å²) < 4.78 is 35.1. The first-order chi connectivity index (χ1) is 16.1. The maximum absolute atomic E-state index is 12.7. The van der Waals surface area contributed by atoms with Crippen molar-refractivity contribution in [3.05, 3.63) is 45.8 Å². The van der Waals surface area contributed by atoms with Gasteiger partial charge in [-0.2, -0.15) is 0 Å². The topological polar surface area (TPSA) is 116 Å². The molecule has 0 saturated carbocycles. The highest BCUT2D eigenvalue weighted by Crippen LogP contribution is 2.38. The Morgan fingerprint density at radius 1 is 1.09 bits per heavy atom. The van der Waals surface area contributed by atoms with Crippen LogP contribution in [0, 0.1) is 6.92 Å². The molecular weight excluding hydrogens is 478 g/mol. The predicted octanol–water partition coefficient (Wildman–Crippen LogP) is 3.85. The van der Waals surface area contributed by atoms with Gasteiger partial charge < -0.3 is 14.8 Å². The van der Waals surface area contributed by atoms with Gasteiger partial charge in [0.15, 0.2) is 16.4 Å². The van der Waals surface area contributed by atoms with Crippen LogP contribution >= 0.6 is 11.3 Å². The van der Waals surface area contributed by atoms with E-state index in [0.717, 1.165) is 41.7 Å². The van der Waals surface area contributed by atoms with Crippen molar-refractivity contribution < 1.29 is 32.3 Å². The zero-order valence-electron chi connectivity index (χ0n) is 19.5. The molecule has 1 aliphatic rings. The summed E-state index contributed by atoms with van der Waals surface area (Å²) in [6.07, 6.45) is 2.89. The first-order valence-electron chi connectivity index (χ1n) is 11.2. The molecule has 184 valence electrons. The van der Waals surface area contributed by atoms with Crippen molar-refractivity contribution in [1.82, 2.24) is 0 Å². The number of carbonyl (C=O) groups is 3. The minimum atomic E-state index is -3.64. The molecule has 3 rings (SSSR count). The van der Waals surface area contributed by atoms with Gasteiger partial charge in [-0.1, -0.05) is 17.7 Å². The van der Waals surface area contributed by atoms with E-state index in [0.29, 0.717) is 10.6 Å². The van der Waals surface area contributed by atoms with E-state index in [2.05, 4.69) is 5.32 Å². The van der Waals surface area contributed by atoms with Gasteiger partial charge >= 0.3 is 11.9 Å². The molecule has 1 aromatic carbocycles. The van der Waals surface area contributed by atoms with Crippen molar-refractivity contribution in [1.29, 1.82) is 0 Å². The molecular formula is C24H29NO7S2. The van der Waals surface area contributed by atoms with E-state index >= 15 is 0 Å². The van der Waals surface area contributed by atoms with Gasteiger partial charge in [0.2, 0.25) is 0 Å². The van der Waals surface area contributed by atoms with Crippen molar-refractivity contribution in [3.8, 4) is 0 Å². The van der Waals surface area contributed by atoms with Crippen LogP contribution in [0.5, 0.6) is 0 Å². The van der Waals surface area contributed by atoms with Crippen LogP contribution in [-0.4, -0.2) is 44.7 Å². The molecule has 2 aromatic rings. The Bertz CT molecular complexity index is 1160. The van der Waals surface area contributed by atoms with Gasteiger partial charge in [0.25, 0.3) is 5.91 Å². The van der Waals surface area contributed by atoms with Gasteiger partial charge in [-0.25, -0.2) is 13.2 Å². The van der Waals surface area contributed by atoms with Crippen LogP contribution in [-0.2, 0) is 41.7 Å². The third-order valence-corrected chi connectivity index (χ3v) is 8.23. The monoisotopic (exact) mass is 507 g/mol. The number of benzene rings is 1. The fraction of sp³-hybridized carbons (Fsp3) is 0.458. The zero-order chi connectivity index (χ0) is 24.9. The molecule has 34 heavy (non-hydrogen) atoms. The summed E-state index contributed by atoms with van der Waals surface area (Å²) in [5.41, 5.74) is 2.21. The minimum absolute atomic E-state index is 0.131. The molecule has 1 aliphatic carbocycles. The van der Waals surface area contributed by atoms with Crippen LogP contribution in [0.2, 0.25) is 0 Å². The largest absolute Gasteiger partial charge is 0.459 e. The number of thiophene rings is 1. The Morgan fingerprint density at radius 2 is 1.76 bits per heavy atom. The number of amides is 1. The Balaban J connectivity index is 1.57. The average Bonchev–Trinajstić information content (AvgIpc) is 3.14. The number of anilines is 1. The average molecular weight is 508 g/mol. The third kappa shape index (κ3) is 6.66. The lowest BCUT2D eigenvalue weighted by atomic mass is 9.95. The van der Waals surface area contributed by atoms with Gasteiger partial charge in [0.05, 0.1) is 28.7 Å². The molecule has 0 aliphatic heterocycles. The zero-order valence-corrected chi connectivity index (χ0v) is 21.1. The maximum atomic E-state index is 12.7. The van der Waals surface area contributed by atoms with Gasteiger partial charge in [0.1, 0.15) is 5.00 Å². The van der Waals surface area contributed by atoms with Crippen LogP contribution in [0.4, 0.5) is 5.00 Å². The molecule has 10 heteroatoms. The second kappa shape index (κ2) is 11.1. The number of carbonyl (C=O) groups excluding carboxylic acids is 3. The molecule has 0 atom stereocenters. The Morgan fingerprint density at radius 3 is 2.44 bits per heavy atom. The molecule has 0 bridgehead atoms. The highest BCUT2D eigenvalue weighted by molar-refractivity contribution is 7.91. The Kier molecular flexibility index (Phi) is 8.48. The first kappa shape index (κ1) is 25.9. The van der Waals surface area contributed by atoms with Crippen molar-refractivity contribution >= 4 is 44.0 Å². The number of esters is 2. The van der Waals surface area contributed by atoms with Crippen molar-refractivity contribution in [2.75, 3.05) is 17.7 Å². The van der Waals surface area contributed by atoms with Crippen LogP contribution < -0.4 is 5.32 Å². The SMILES string of the molecule is Cc1ccc(S(=O)(=O)CCC(=O)OCC(=O)Nc2sc3c(c2C(=O)OC(C)C)CCCC3)cc1. The Hall–Kier alpha value is -2.72. The van der Waals surface area contributed by atoms with Crippen LogP contribution in [0.3, 0.4) is 0 Å². The number of nitrogens with one attached hydrogen (secondary N) is 1. The quantitative estimate of drug-likeness (QED) is 0.513. The summed E-state index contributed by atoms with van der Waals surface area (Å²) >= 11 is 1.34. The molecule has 0 unspecified atom stereocenters. The molecule has 1 heterocycles. The van der Waals surface area contributed by atoms with E-state index < -0.39 is 40.0 Å². The molecule has 0 spiro atoms. The number of hydrogen-bond donors (Lipinski definition) is 1. The second-order valence-corrected chi connectivity index (χ2v) is 11.7. The smallest absolute Gasteiger partial charge is 0.341 e. The normalized spacial score (nSPS) is 13.3. The highest BCUT2D eigenvalue weighted by Gasteiger charge is 2.28. The standard InChI is InChI=1S/C24H29NO7S2/c1-15(2)32-24(28)22-18-6-4-5-7-19(18)33-23(22)25-20(26)14-31-21(27)12-13-34(29,30)17-10-8-16(3)9-11-17/h8-11,15H,4-7,12-14H2,1-3H3,(H,25,26). The van der Waals surface area contributed by atoms with E-state index in [-0.39, 0.29) is 17.4 Å². The van der Waals surface area contributed by atoms with E-state index in [9.17, 15) is 22.8 Å². The summed E-state index contributed by atoms with van der Waals surface area (Å²) in [6, 6.07) is 6.35. The Labute approximate surface area is 203 Å². The number of rotatable bonds is 9. The highest BCUT2D eigenvalue weighted by atomic mass is 32.2. The van der Waals surface area contributed by atoms with E-state index in [1.807, 2.05) is 6.92 Å². The van der Waals surface area contributed by atoms with E-state index in [1.165, 1.54) is 23.5 Å². The van der Waals surface area contributed by atoms with Crippen molar-refractivity contribution in [2.24, 2.45) is 0 Å². The van der Waals surface area contributed by atoms with Gasteiger partial charge in [-0.05, 0) is 64.2 Å². The number of sulfone groups is 1. The minimum Gasteiger partial charge on any atom is -0.459 e. The lowest BCUT2D eigenvalue weighted by molar-refractivity contribution is -0.146. The van der Waals surface area contributed by atoms with Crippen LogP contribution in [0.1, 0.15) is 59.5 Å². The molecule has 0 radical (unpaired) electrons. The molecule has 0 fully saturated rings. The van der Waals surface area contributed by atoms with Crippen molar-refractivity contribution in [2.45, 2.75) is 63.9 Å². The van der Waals surface area contributed by atoms with Gasteiger partial charge in [-0.3, -0.25) is 9.59 Å². The number of hydrogen-bond acceptors (Lipinski definition) is 8. The fourth-order valence-corrected chi connectivity index (χ4v) is 6.12. The third-order valence-electron chi connectivity index (χ3n) is 5.29. The summed E-state index contributed by atoms with van der Waals surface area (Å²) in [6.45, 7) is 4.78. The number of fused-ring (bicyclic) bond motifs is 1. The lowest BCUT2D eigenvalue weighted by Gasteiger charge is -2.14. The predicted molar refractivity (Wildman–Crippen MR) is 129 cm³/mol. The summed E-state index contributed by atoms with van der Waals surface area (Å²) in [5.74, 6) is -2.30. The lowest BCUT2D eigenvalue weighted by Crippen LogP contribution is -2.23. The summed E-state index contributed by atoms with van der Waals surface area (Å²) in [7, 11) is -3.64. The molecule has 8 nitrogen and oxygen atoms in total. The second-order valence-electron chi connectivity index (χ2n) is 8.46. The van der Waals surface area contributed by atoms with E-state index in [4.69, 9.17) is 9.47 Å². The molecule has 1 aromatic heterocycles. The summed E-state index contributed by atoms with van der Waals surface area (Å²) in [4.78, 5) is 38.3. The fourth-order valence-electron chi connectivity index (χ4n) is 3.60. The molecule has 1 N–H and O–H groups in total. The van der Waals surface area contributed by atoms with Gasteiger partial charge in [0, 0.05) is 4.88 Å². The van der Waals surface area contributed by atoms with Crippen LogP contribution in [0.25, 0.3) is 0 Å². The number of aryl methyl sites for hydroxylation is 2. The van der Waals surface area contributed by atoms with E-state index in [1.54, 1.807) is 26.0 Å².